The van der Waals surface area contributed by atoms with Crippen LogP contribution in [0, 0.1) is 27.7 Å². The van der Waals surface area contributed by atoms with Gasteiger partial charge in [0.15, 0.2) is 5.01 Å². The van der Waals surface area contributed by atoms with Crippen LogP contribution in [0.5, 0.6) is 5.75 Å². The number of nitrogens with one attached hydrogen (secondary N) is 2. The van der Waals surface area contributed by atoms with Gasteiger partial charge in [0.25, 0.3) is 0 Å². The van der Waals surface area contributed by atoms with Crippen molar-refractivity contribution in [2.24, 2.45) is 0 Å². The van der Waals surface area contributed by atoms with Gasteiger partial charge in [-0.2, -0.15) is 0 Å². The number of hydrogen-bond acceptors (Lipinski definition) is 5. The number of benzene rings is 2. The van der Waals surface area contributed by atoms with Crippen molar-refractivity contribution in [3.05, 3.63) is 63.7 Å². The normalized spacial score (nSPS) is 10.5. The van der Waals surface area contributed by atoms with Crippen LogP contribution in [-0.2, 0) is 6.61 Å². The third-order valence-corrected chi connectivity index (χ3v) is 4.96. The molecule has 0 fully saturated rings. The summed E-state index contributed by atoms with van der Waals surface area (Å²) in [6.07, 6.45) is 0. The van der Waals surface area contributed by atoms with Crippen LogP contribution in [0.2, 0.25) is 0 Å². The second-order valence-electron chi connectivity index (χ2n) is 6.44. The van der Waals surface area contributed by atoms with Gasteiger partial charge in [0.1, 0.15) is 12.4 Å². The van der Waals surface area contributed by atoms with Gasteiger partial charge in [-0.3, -0.25) is 5.32 Å². The SMILES string of the molecule is Cc1ccc(C)c(OCc2nnc(NC(=O)Nc3ccc(C)c(C)c3)s2)c1. The van der Waals surface area contributed by atoms with Gasteiger partial charge in [-0.25, -0.2) is 4.79 Å². The first-order valence-corrected chi connectivity index (χ1v) is 9.40. The highest BCUT2D eigenvalue weighted by Crippen LogP contribution is 2.22. The fraction of sp³-hybridized carbons (Fsp3) is 0.250. The highest BCUT2D eigenvalue weighted by molar-refractivity contribution is 7.15. The second kappa shape index (κ2) is 8.18. The smallest absolute Gasteiger partial charge is 0.325 e. The predicted octanol–water partition coefficient (Wildman–Crippen LogP) is 4.99. The first-order valence-electron chi connectivity index (χ1n) is 8.58. The molecule has 27 heavy (non-hydrogen) atoms. The molecule has 0 saturated carbocycles. The molecule has 0 bridgehead atoms. The zero-order chi connectivity index (χ0) is 19.4. The minimum atomic E-state index is -0.351. The van der Waals surface area contributed by atoms with E-state index in [0.29, 0.717) is 16.7 Å². The lowest BCUT2D eigenvalue weighted by molar-refractivity contribution is 0.262. The molecular weight excluding hydrogens is 360 g/mol. The standard InChI is InChI=1S/C20H22N4O2S/c1-12-5-6-14(3)17(9-12)26-11-18-23-24-20(27-18)22-19(25)21-16-8-7-13(2)15(4)10-16/h5-10H,11H2,1-4H3,(H2,21,22,24,25). The van der Waals surface area contributed by atoms with Crippen LogP contribution in [0.3, 0.4) is 0 Å². The number of carbonyl (C=O) groups excluding carboxylic acids is 1. The van der Waals surface area contributed by atoms with E-state index in [-0.39, 0.29) is 6.03 Å². The minimum absolute atomic E-state index is 0.308. The van der Waals surface area contributed by atoms with E-state index in [4.69, 9.17) is 4.74 Å². The van der Waals surface area contributed by atoms with Crippen molar-refractivity contribution in [1.82, 2.24) is 10.2 Å². The lowest BCUT2D eigenvalue weighted by Crippen LogP contribution is -2.19. The molecule has 0 saturated heterocycles. The van der Waals surface area contributed by atoms with Crippen molar-refractivity contribution in [3.8, 4) is 5.75 Å². The van der Waals surface area contributed by atoms with Crippen molar-refractivity contribution in [3.63, 3.8) is 0 Å². The molecule has 0 atom stereocenters. The van der Waals surface area contributed by atoms with Gasteiger partial charge in [0.05, 0.1) is 0 Å². The van der Waals surface area contributed by atoms with Gasteiger partial charge in [0, 0.05) is 5.69 Å². The summed E-state index contributed by atoms with van der Waals surface area (Å²) in [5, 5.41) is 14.7. The molecule has 1 aromatic heterocycles. The highest BCUT2D eigenvalue weighted by Gasteiger charge is 2.10. The molecule has 2 amide bonds. The topological polar surface area (TPSA) is 76.1 Å². The van der Waals surface area contributed by atoms with E-state index in [1.54, 1.807) is 0 Å². The molecule has 0 radical (unpaired) electrons. The van der Waals surface area contributed by atoms with Crippen LogP contribution >= 0.6 is 11.3 Å². The largest absolute Gasteiger partial charge is 0.486 e. The molecule has 0 unspecified atom stereocenters. The van der Waals surface area contributed by atoms with Crippen molar-refractivity contribution >= 4 is 28.2 Å². The molecule has 1 heterocycles. The van der Waals surface area contributed by atoms with Crippen molar-refractivity contribution < 1.29 is 9.53 Å². The molecule has 0 spiro atoms. The zero-order valence-corrected chi connectivity index (χ0v) is 16.6. The Morgan fingerprint density at radius 1 is 0.963 bits per heavy atom. The summed E-state index contributed by atoms with van der Waals surface area (Å²) < 4.78 is 5.82. The van der Waals surface area contributed by atoms with Gasteiger partial charge in [-0.1, -0.05) is 29.5 Å². The number of aromatic nitrogens is 2. The van der Waals surface area contributed by atoms with Crippen LogP contribution in [0.15, 0.2) is 36.4 Å². The number of anilines is 2. The van der Waals surface area contributed by atoms with E-state index in [1.807, 2.05) is 64.1 Å². The Labute approximate surface area is 162 Å². The summed E-state index contributed by atoms with van der Waals surface area (Å²) in [6, 6.07) is 11.5. The molecule has 3 rings (SSSR count). The number of nitrogens with zero attached hydrogens (tertiary/aromatic N) is 2. The van der Waals surface area contributed by atoms with Crippen molar-refractivity contribution in [1.29, 1.82) is 0 Å². The molecule has 0 aliphatic rings. The third-order valence-electron chi connectivity index (χ3n) is 4.15. The molecule has 2 aromatic carbocycles. The van der Waals surface area contributed by atoms with Crippen LogP contribution < -0.4 is 15.4 Å². The van der Waals surface area contributed by atoms with Gasteiger partial charge in [-0.15, -0.1) is 10.2 Å². The van der Waals surface area contributed by atoms with E-state index < -0.39 is 0 Å². The summed E-state index contributed by atoms with van der Waals surface area (Å²) in [4.78, 5) is 12.1. The van der Waals surface area contributed by atoms with E-state index >= 15 is 0 Å². The lowest BCUT2D eigenvalue weighted by atomic mass is 10.1. The predicted molar refractivity (Wildman–Crippen MR) is 109 cm³/mol. The van der Waals surface area contributed by atoms with Crippen LogP contribution in [0.25, 0.3) is 0 Å². The van der Waals surface area contributed by atoms with Crippen molar-refractivity contribution in [2.75, 3.05) is 10.6 Å². The van der Waals surface area contributed by atoms with Crippen molar-refractivity contribution in [2.45, 2.75) is 34.3 Å². The van der Waals surface area contributed by atoms with Gasteiger partial charge in [0.2, 0.25) is 5.13 Å². The number of hydrogen-bond donors (Lipinski definition) is 2. The van der Waals surface area contributed by atoms with E-state index in [1.165, 1.54) is 16.9 Å². The Kier molecular flexibility index (Phi) is 5.71. The molecule has 3 aromatic rings. The molecule has 0 aliphatic heterocycles. The summed E-state index contributed by atoms with van der Waals surface area (Å²) in [7, 11) is 0. The highest BCUT2D eigenvalue weighted by atomic mass is 32.1. The summed E-state index contributed by atoms with van der Waals surface area (Å²) in [5.74, 6) is 0.826. The maximum Gasteiger partial charge on any atom is 0.325 e. The van der Waals surface area contributed by atoms with Gasteiger partial charge >= 0.3 is 6.03 Å². The van der Waals surface area contributed by atoms with Gasteiger partial charge < -0.3 is 10.1 Å². The zero-order valence-electron chi connectivity index (χ0n) is 15.8. The number of aryl methyl sites for hydroxylation is 4. The maximum atomic E-state index is 12.1. The number of rotatable bonds is 5. The summed E-state index contributed by atoms with van der Waals surface area (Å²) in [6.45, 7) is 8.36. The first-order chi connectivity index (χ1) is 12.9. The van der Waals surface area contributed by atoms with Crippen LogP contribution in [-0.4, -0.2) is 16.2 Å². The summed E-state index contributed by atoms with van der Waals surface area (Å²) >= 11 is 1.29. The maximum absolute atomic E-state index is 12.1. The Bertz CT molecular complexity index is 968. The fourth-order valence-corrected chi connectivity index (χ4v) is 3.09. The molecule has 0 aliphatic carbocycles. The Hall–Kier alpha value is -2.93. The van der Waals surface area contributed by atoms with Crippen LogP contribution in [0.4, 0.5) is 15.6 Å². The Balaban J connectivity index is 1.56. The summed E-state index contributed by atoms with van der Waals surface area (Å²) in [5.41, 5.74) is 5.24. The Morgan fingerprint density at radius 2 is 1.74 bits per heavy atom. The van der Waals surface area contributed by atoms with E-state index in [0.717, 1.165) is 28.1 Å². The second-order valence-corrected chi connectivity index (χ2v) is 7.50. The lowest BCUT2D eigenvalue weighted by Gasteiger charge is -2.08. The molecule has 140 valence electrons. The average Bonchev–Trinajstić information content (AvgIpc) is 3.06. The Morgan fingerprint density at radius 3 is 2.52 bits per heavy atom. The number of carbonyl (C=O) groups is 1. The fourth-order valence-electron chi connectivity index (χ4n) is 2.44. The minimum Gasteiger partial charge on any atom is -0.486 e. The average molecular weight is 382 g/mol. The molecule has 2 N–H and O–H groups in total. The van der Waals surface area contributed by atoms with E-state index in [9.17, 15) is 4.79 Å². The molecular formula is C20H22N4O2S. The van der Waals surface area contributed by atoms with Gasteiger partial charge in [-0.05, 0) is 68.1 Å². The molecule has 7 heteroatoms. The molecule has 6 nitrogen and oxygen atoms in total. The quantitative estimate of drug-likeness (QED) is 0.651. The number of amides is 2. The first kappa shape index (κ1) is 18.8. The monoisotopic (exact) mass is 382 g/mol. The number of urea groups is 1. The van der Waals surface area contributed by atoms with E-state index in [2.05, 4.69) is 20.8 Å². The van der Waals surface area contributed by atoms with Crippen LogP contribution in [0.1, 0.15) is 27.3 Å². The third kappa shape index (κ3) is 5.04. The number of ether oxygens (including phenoxy) is 1.